The molecule has 1 N–H and O–H groups in total. The molecule has 0 fully saturated rings. The van der Waals surface area contributed by atoms with Crippen molar-refractivity contribution in [2.24, 2.45) is 0 Å². The van der Waals surface area contributed by atoms with E-state index >= 15 is 0 Å². The van der Waals surface area contributed by atoms with Crippen molar-refractivity contribution in [1.82, 2.24) is 9.78 Å². The fourth-order valence-electron chi connectivity index (χ4n) is 1.26. The second kappa shape index (κ2) is 3.90. The lowest BCUT2D eigenvalue weighted by atomic mass is 10.2. The van der Waals surface area contributed by atoms with E-state index in [-0.39, 0.29) is 18.1 Å². The Bertz CT molecular complexity index is 484. The lowest BCUT2D eigenvalue weighted by Gasteiger charge is -2.03. The zero-order valence-corrected chi connectivity index (χ0v) is 8.45. The van der Waals surface area contributed by atoms with E-state index in [2.05, 4.69) is 5.10 Å². The van der Waals surface area contributed by atoms with Crippen LogP contribution < -0.4 is 0 Å². The van der Waals surface area contributed by atoms with E-state index in [1.165, 1.54) is 23.1 Å². The summed E-state index contributed by atoms with van der Waals surface area (Å²) in [6.45, 7) is 0.267. The number of nitrogens with zero attached hydrogens (tertiary/aromatic N) is 2. The average Bonchev–Trinajstić information content (AvgIpc) is 2.56. The zero-order valence-electron chi connectivity index (χ0n) is 7.69. The number of hydrogen-bond donors (Lipinski definition) is 1. The average molecular weight is 227 g/mol. The molecule has 1 aromatic carbocycles. The minimum atomic E-state index is -0.377. The second-order valence-electron chi connectivity index (χ2n) is 3.13. The third-order valence-corrected chi connectivity index (χ3v) is 2.20. The van der Waals surface area contributed by atoms with Crippen molar-refractivity contribution in [2.75, 3.05) is 0 Å². The van der Waals surface area contributed by atoms with Crippen LogP contribution in [0.3, 0.4) is 0 Å². The molecule has 0 saturated carbocycles. The Hall–Kier alpha value is -1.55. The summed E-state index contributed by atoms with van der Waals surface area (Å²) >= 11 is 5.62. The van der Waals surface area contributed by atoms with Crippen molar-refractivity contribution in [3.05, 3.63) is 47.0 Å². The van der Waals surface area contributed by atoms with Crippen molar-refractivity contribution in [3.63, 3.8) is 0 Å². The van der Waals surface area contributed by atoms with Crippen LogP contribution >= 0.6 is 11.6 Å². The van der Waals surface area contributed by atoms with Gasteiger partial charge in [0.2, 0.25) is 0 Å². The Morgan fingerprint density at radius 1 is 1.47 bits per heavy atom. The Kier molecular flexibility index (Phi) is 2.60. The molecular weight excluding hydrogens is 219 g/mol. The molecule has 2 rings (SSSR count). The summed E-state index contributed by atoms with van der Waals surface area (Å²) in [5.74, 6) is -0.318. The van der Waals surface area contributed by atoms with Crippen LogP contribution in [0.1, 0.15) is 5.56 Å². The predicted molar refractivity (Wildman–Crippen MR) is 54.4 cm³/mol. The van der Waals surface area contributed by atoms with Gasteiger partial charge in [0.25, 0.3) is 0 Å². The van der Waals surface area contributed by atoms with Gasteiger partial charge in [0.05, 0.1) is 18.9 Å². The lowest BCUT2D eigenvalue weighted by Crippen LogP contribution is -2.01. The first-order valence-electron chi connectivity index (χ1n) is 4.30. The van der Waals surface area contributed by atoms with Crippen molar-refractivity contribution in [3.8, 4) is 5.75 Å². The zero-order chi connectivity index (χ0) is 10.8. The summed E-state index contributed by atoms with van der Waals surface area (Å²) in [5, 5.41) is 13.2. The summed E-state index contributed by atoms with van der Waals surface area (Å²) in [7, 11) is 0. The molecule has 0 saturated heterocycles. The van der Waals surface area contributed by atoms with Crippen LogP contribution in [0.5, 0.6) is 5.75 Å². The molecule has 3 nitrogen and oxygen atoms in total. The maximum absolute atomic E-state index is 13.4. The smallest absolute Gasteiger partial charge is 0.153 e. The van der Waals surface area contributed by atoms with Crippen LogP contribution in [0, 0.1) is 5.82 Å². The number of halogens is 2. The van der Waals surface area contributed by atoms with E-state index in [1.807, 2.05) is 0 Å². The third-order valence-electron chi connectivity index (χ3n) is 1.97. The van der Waals surface area contributed by atoms with Gasteiger partial charge < -0.3 is 5.11 Å². The highest BCUT2D eigenvalue weighted by molar-refractivity contribution is 6.30. The highest BCUT2D eigenvalue weighted by Crippen LogP contribution is 2.16. The van der Waals surface area contributed by atoms with E-state index in [0.717, 1.165) is 0 Å². The van der Waals surface area contributed by atoms with Crippen LogP contribution in [0.4, 0.5) is 4.39 Å². The Morgan fingerprint density at radius 3 is 2.87 bits per heavy atom. The molecule has 0 unspecified atom stereocenters. The largest absolute Gasteiger partial charge is 0.505 e. The van der Waals surface area contributed by atoms with E-state index in [1.54, 1.807) is 12.1 Å². The van der Waals surface area contributed by atoms with Gasteiger partial charge in [-0.15, -0.1) is 0 Å². The number of aromatic hydroxyl groups is 1. The normalized spacial score (nSPS) is 10.5. The molecule has 15 heavy (non-hydrogen) atoms. The topological polar surface area (TPSA) is 38.1 Å². The molecule has 1 aromatic heterocycles. The SMILES string of the molecule is Oc1cnn(Cc2ccc(Cl)cc2F)c1. The van der Waals surface area contributed by atoms with Gasteiger partial charge in [-0.3, -0.25) is 4.68 Å². The van der Waals surface area contributed by atoms with Gasteiger partial charge in [0.1, 0.15) is 5.82 Å². The van der Waals surface area contributed by atoms with Gasteiger partial charge >= 0.3 is 0 Å². The van der Waals surface area contributed by atoms with Gasteiger partial charge in [0.15, 0.2) is 5.75 Å². The van der Waals surface area contributed by atoms with Gasteiger partial charge in [-0.05, 0) is 12.1 Å². The summed E-state index contributed by atoms with van der Waals surface area (Å²) in [6.07, 6.45) is 2.72. The van der Waals surface area contributed by atoms with Crippen molar-refractivity contribution in [1.29, 1.82) is 0 Å². The van der Waals surface area contributed by atoms with Gasteiger partial charge in [-0.1, -0.05) is 17.7 Å². The van der Waals surface area contributed by atoms with Crippen LogP contribution in [0.15, 0.2) is 30.6 Å². The maximum atomic E-state index is 13.4. The first-order valence-corrected chi connectivity index (χ1v) is 4.68. The predicted octanol–water partition coefficient (Wildman–Crippen LogP) is 2.43. The summed E-state index contributed by atoms with van der Waals surface area (Å²) in [6, 6.07) is 4.46. The number of benzene rings is 1. The van der Waals surface area contributed by atoms with E-state index in [0.29, 0.717) is 10.6 Å². The fraction of sp³-hybridized carbons (Fsp3) is 0.100. The number of hydrogen-bond acceptors (Lipinski definition) is 2. The molecule has 0 amide bonds. The van der Waals surface area contributed by atoms with E-state index in [9.17, 15) is 4.39 Å². The summed E-state index contributed by atoms with van der Waals surface area (Å²) in [5.41, 5.74) is 0.475. The maximum Gasteiger partial charge on any atom is 0.153 e. The second-order valence-corrected chi connectivity index (χ2v) is 3.57. The van der Waals surface area contributed by atoms with Gasteiger partial charge in [0, 0.05) is 10.6 Å². The quantitative estimate of drug-likeness (QED) is 0.854. The molecule has 0 radical (unpaired) electrons. The molecule has 0 bridgehead atoms. The first kappa shape index (κ1) is 9.98. The standard InChI is InChI=1S/C10H8ClFN2O/c11-8-2-1-7(10(12)3-8)5-14-6-9(15)4-13-14/h1-4,6,15H,5H2. The minimum Gasteiger partial charge on any atom is -0.505 e. The van der Waals surface area contributed by atoms with E-state index < -0.39 is 0 Å². The first-order chi connectivity index (χ1) is 7.15. The number of rotatable bonds is 2. The van der Waals surface area contributed by atoms with E-state index in [4.69, 9.17) is 16.7 Å². The monoisotopic (exact) mass is 226 g/mol. The highest BCUT2D eigenvalue weighted by atomic mass is 35.5. The molecule has 0 spiro atoms. The van der Waals surface area contributed by atoms with Gasteiger partial charge in [-0.2, -0.15) is 5.10 Å². The lowest BCUT2D eigenvalue weighted by molar-refractivity contribution is 0.474. The van der Waals surface area contributed by atoms with Crippen molar-refractivity contribution < 1.29 is 9.50 Å². The molecule has 78 valence electrons. The van der Waals surface area contributed by atoms with Crippen LogP contribution in [-0.4, -0.2) is 14.9 Å². The molecule has 2 aromatic rings. The minimum absolute atomic E-state index is 0.0596. The molecular formula is C10H8ClFN2O. The van der Waals surface area contributed by atoms with Gasteiger partial charge in [-0.25, -0.2) is 4.39 Å². The molecule has 0 aliphatic carbocycles. The van der Waals surface area contributed by atoms with Crippen molar-refractivity contribution >= 4 is 11.6 Å². The van der Waals surface area contributed by atoms with Crippen molar-refractivity contribution in [2.45, 2.75) is 6.54 Å². The van der Waals surface area contributed by atoms with Crippen LogP contribution in [-0.2, 0) is 6.54 Å². The molecule has 5 heteroatoms. The van der Waals surface area contributed by atoms with Crippen LogP contribution in [0.2, 0.25) is 5.02 Å². The molecule has 0 atom stereocenters. The Labute approximate surface area is 90.7 Å². The highest BCUT2D eigenvalue weighted by Gasteiger charge is 2.04. The summed E-state index contributed by atoms with van der Waals surface area (Å²) < 4.78 is 14.8. The fourth-order valence-corrected chi connectivity index (χ4v) is 1.42. The Balaban J connectivity index is 2.24. The molecule has 0 aliphatic rings. The summed E-state index contributed by atoms with van der Waals surface area (Å²) in [4.78, 5) is 0. The molecule has 0 aliphatic heterocycles. The van der Waals surface area contributed by atoms with Crippen LogP contribution in [0.25, 0.3) is 0 Å². The third kappa shape index (κ3) is 2.27. The number of aromatic nitrogens is 2. The Morgan fingerprint density at radius 2 is 2.27 bits per heavy atom. The molecule has 1 heterocycles.